The van der Waals surface area contributed by atoms with Crippen molar-refractivity contribution in [2.45, 2.75) is 6.54 Å². The van der Waals surface area contributed by atoms with Crippen LogP contribution in [0.25, 0.3) is 0 Å². The summed E-state index contributed by atoms with van der Waals surface area (Å²) in [5.74, 6) is -0.303. The number of benzene rings is 1. The standard InChI is InChI=1S/C12H7Cl2N3OS2/c13-9-2-1-7(3-10(9)14)11(18)17-12-16-8(5-20-12)4-15-6-19/h1-3,5H,4H2,(H,16,17,18). The highest BCUT2D eigenvalue weighted by atomic mass is 35.5. The average Bonchev–Trinajstić information content (AvgIpc) is 2.87. The van der Waals surface area contributed by atoms with Gasteiger partial charge in [-0.15, -0.1) is 11.3 Å². The fraction of sp³-hybridized carbons (Fsp3) is 0.0833. The van der Waals surface area contributed by atoms with E-state index >= 15 is 0 Å². The molecule has 0 saturated heterocycles. The van der Waals surface area contributed by atoms with Gasteiger partial charge in [0.1, 0.15) is 0 Å². The minimum Gasteiger partial charge on any atom is -0.298 e. The number of hydrogen-bond donors (Lipinski definition) is 1. The maximum absolute atomic E-state index is 12.0. The molecule has 1 amide bonds. The van der Waals surface area contributed by atoms with E-state index in [-0.39, 0.29) is 5.91 Å². The van der Waals surface area contributed by atoms with E-state index in [4.69, 9.17) is 23.2 Å². The van der Waals surface area contributed by atoms with Gasteiger partial charge in [0, 0.05) is 10.9 Å². The number of halogens is 2. The van der Waals surface area contributed by atoms with Gasteiger partial charge in [-0.2, -0.15) is 0 Å². The van der Waals surface area contributed by atoms with Crippen molar-refractivity contribution < 1.29 is 4.79 Å². The Labute approximate surface area is 134 Å². The molecule has 0 saturated carbocycles. The quantitative estimate of drug-likeness (QED) is 0.664. The van der Waals surface area contributed by atoms with E-state index < -0.39 is 0 Å². The van der Waals surface area contributed by atoms with Crippen LogP contribution < -0.4 is 5.32 Å². The Morgan fingerprint density at radius 1 is 1.45 bits per heavy atom. The highest BCUT2D eigenvalue weighted by Crippen LogP contribution is 2.23. The molecule has 0 aliphatic carbocycles. The molecule has 2 rings (SSSR count). The topological polar surface area (TPSA) is 54.4 Å². The van der Waals surface area contributed by atoms with E-state index in [1.54, 1.807) is 17.5 Å². The van der Waals surface area contributed by atoms with Crippen LogP contribution in [0.4, 0.5) is 5.13 Å². The van der Waals surface area contributed by atoms with Crippen LogP contribution >= 0.6 is 46.8 Å². The Morgan fingerprint density at radius 2 is 2.25 bits per heavy atom. The molecule has 102 valence electrons. The van der Waals surface area contributed by atoms with Gasteiger partial charge in [-0.25, -0.2) is 9.98 Å². The molecule has 0 radical (unpaired) electrons. The summed E-state index contributed by atoms with van der Waals surface area (Å²) >= 11 is 17.5. The van der Waals surface area contributed by atoms with Crippen molar-refractivity contribution in [1.29, 1.82) is 0 Å². The fourth-order valence-electron chi connectivity index (χ4n) is 1.36. The summed E-state index contributed by atoms with van der Waals surface area (Å²) in [5.41, 5.74) is 1.13. The Morgan fingerprint density at radius 3 is 2.95 bits per heavy atom. The molecule has 20 heavy (non-hydrogen) atoms. The summed E-state index contributed by atoms with van der Waals surface area (Å²) < 4.78 is 0. The number of carbonyl (C=O) groups excluding carboxylic acids is 1. The van der Waals surface area contributed by atoms with Crippen LogP contribution in [0.3, 0.4) is 0 Å². The lowest BCUT2D eigenvalue weighted by molar-refractivity contribution is 0.102. The Hall–Kier alpha value is -1.30. The zero-order chi connectivity index (χ0) is 14.5. The van der Waals surface area contributed by atoms with Crippen LogP contribution in [0, 0.1) is 0 Å². The highest BCUT2D eigenvalue weighted by molar-refractivity contribution is 7.78. The summed E-state index contributed by atoms with van der Waals surface area (Å²) in [7, 11) is 0. The van der Waals surface area contributed by atoms with Crippen molar-refractivity contribution in [3.8, 4) is 0 Å². The van der Waals surface area contributed by atoms with Gasteiger partial charge in [0.2, 0.25) is 0 Å². The van der Waals surface area contributed by atoms with Crippen molar-refractivity contribution >= 4 is 63.0 Å². The van der Waals surface area contributed by atoms with Crippen molar-refractivity contribution in [3.05, 3.63) is 44.9 Å². The second-order valence-electron chi connectivity index (χ2n) is 3.63. The number of anilines is 1. The lowest BCUT2D eigenvalue weighted by Crippen LogP contribution is -2.11. The van der Waals surface area contributed by atoms with Crippen LogP contribution in [0.2, 0.25) is 10.0 Å². The molecule has 8 heteroatoms. The van der Waals surface area contributed by atoms with Gasteiger partial charge in [0.25, 0.3) is 5.91 Å². The second kappa shape index (κ2) is 6.92. The maximum atomic E-state index is 12.0. The first-order valence-corrected chi connectivity index (χ1v) is 7.39. The molecule has 0 aliphatic rings. The highest BCUT2D eigenvalue weighted by Gasteiger charge is 2.10. The SMILES string of the molecule is O=C(Nc1nc(CN=C=S)cs1)c1ccc(Cl)c(Cl)c1. The molecule has 1 heterocycles. The first-order chi connectivity index (χ1) is 9.60. The van der Waals surface area contributed by atoms with Gasteiger partial charge in [-0.1, -0.05) is 23.2 Å². The normalized spacial score (nSPS) is 9.90. The van der Waals surface area contributed by atoms with Gasteiger partial charge < -0.3 is 0 Å². The summed E-state index contributed by atoms with van der Waals surface area (Å²) in [5, 5.41) is 7.95. The maximum Gasteiger partial charge on any atom is 0.257 e. The number of rotatable bonds is 4. The molecule has 0 fully saturated rings. The molecule has 1 aromatic heterocycles. The number of aliphatic imine (C=N–C) groups is 1. The average molecular weight is 344 g/mol. The Balaban J connectivity index is 2.08. The third kappa shape index (κ3) is 3.85. The van der Waals surface area contributed by atoms with Crippen molar-refractivity contribution in [2.75, 3.05) is 5.32 Å². The van der Waals surface area contributed by atoms with Crippen molar-refractivity contribution in [2.24, 2.45) is 4.99 Å². The number of thiocarbonyl (C=S) groups is 1. The van der Waals surface area contributed by atoms with Gasteiger partial charge in [0.15, 0.2) is 5.13 Å². The minimum atomic E-state index is -0.303. The van der Waals surface area contributed by atoms with Crippen molar-refractivity contribution in [3.63, 3.8) is 0 Å². The summed E-state index contributed by atoms with van der Waals surface area (Å²) in [6.07, 6.45) is 0. The zero-order valence-corrected chi connectivity index (χ0v) is 13.0. The lowest BCUT2D eigenvalue weighted by atomic mass is 10.2. The number of nitrogens with one attached hydrogen (secondary N) is 1. The first-order valence-electron chi connectivity index (χ1n) is 5.34. The molecule has 0 unspecified atom stereocenters. The molecule has 0 aliphatic heterocycles. The number of hydrogen-bond acceptors (Lipinski definition) is 5. The largest absolute Gasteiger partial charge is 0.298 e. The van der Waals surface area contributed by atoms with Crippen molar-refractivity contribution in [1.82, 2.24) is 4.98 Å². The number of aromatic nitrogens is 1. The predicted molar refractivity (Wildman–Crippen MR) is 85.3 cm³/mol. The molecule has 1 aromatic carbocycles. The van der Waals surface area contributed by atoms with Crippen LogP contribution in [-0.2, 0) is 6.54 Å². The third-order valence-electron chi connectivity index (χ3n) is 2.26. The zero-order valence-electron chi connectivity index (χ0n) is 9.89. The van der Waals surface area contributed by atoms with Crippen LogP contribution in [0.5, 0.6) is 0 Å². The number of isothiocyanates is 1. The molecule has 4 nitrogen and oxygen atoms in total. The second-order valence-corrected chi connectivity index (χ2v) is 5.49. The fourth-order valence-corrected chi connectivity index (χ4v) is 2.42. The van der Waals surface area contributed by atoms with Gasteiger partial charge in [0.05, 0.1) is 27.4 Å². The number of carbonyl (C=O) groups is 1. The smallest absolute Gasteiger partial charge is 0.257 e. The molecule has 0 atom stereocenters. The molecule has 0 spiro atoms. The number of nitrogens with zero attached hydrogens (tertiary/aromatic N) is 2. The molecule has 1 N–H and O–H groups in total. The van der Waals surface area contributed by atoms with Gasteiger partial charge in [-0.05, 0) is 30.4 Å². The first kappa shape index (κ1) is 15.1. The Bertz CT molecular complexity index is 696. The number of amides is 1. The van der Waals surface area contributed by atoms with E-state index in [0.29, 0.717) is 27.3 Å². The third-order valence-corrected chi connectivity index (χ3v) is 3.93. The summed E-state index contributed by atoms with van der Waals surface area (Å²) in [4.78, 5) is 20.0. The molecular weight excluding hydrogens is 337 g/mol. The minimum absolute atomic E-state index is 0.303. The lowest BCUT2D eigenvalue weighted by Gasteiger charge is -2.03. The predicted octanol–water partition coefficient (Wildman–Crippen LogP) is 4.31. The van der Waals surface area contributed by atoms with E-state index in [2.05, 4.69) is 32.7 Å². The summed E-state index contributed by atoms with van der Waals surface area (Å²) in [6.45, 7) is 0.350. The van der Waals surface area contributed by atoms with Gasteiger partial charge in [-0.3, -0.25) is 10.1 Å². The van der Waals surface area contributed by atoms with E-state index in [1.807, 2.05) is 0 Å². The summed E-state index contributed by atoms with van der Waals surface area (Å²) in [6, 6.07) is 4.67. The Kier molecular flexibility index (Phi) is 5.23. The molecule has 0 bridgehead atoms. The van der Waals surface area contributed by atoms with E-state index in [9.17, 15) is 4.79 Å². The van der Waals surface area contributed by atoms with E-state index in [1.165, 1.54) is 17.4 Å². The van der Waals surface area contributed by atoms with E-state index in [0.717, 1.165) is 5.69 Å². The van der Waals surface area contributed by atoms with Crippen LogP contribution in [-0.4, -0.2) is 16.1 Å². The van der Waals surface area contributed by atoms with Gasteiger partial charge >= 0.3 is 0 Å². The van der Waals surface area contributed by atoms with Crippen LogP contribution in [0.1, 0.15) is 16.1 Å². The monoisotopic (exact) mass is 343 g/mol. The number of thiazole rings is 1. The van der Waals surface area contributed by atoms with Crippen LogP contribution in [0.15, 0.2) is 28.6 Å². The molecular formula is C12H7Cl2N3OS2. The molecule has 2 aromatic rings.